The minimum absolute atomic E-state index is 0.0128. The van der Waals surface area contributed by atoms with Gasteiger partial charge >= 0.3 is 11.9 Å². The van der Waals surface area contributed by atoms with Crippen LogP contribution in [0.4, 0.5) is 0 Å². The van der Waals surface area contributed by atoms with Gasteiger partial charge in [0.05, 0.1) is 19.2 Å². The van der Waals surface area contributed by atoms with E-state index >= 15 is 0 Å². The summed E-state index contributed by atoms with van der Waals surface area (Å²) in [6.45, 7) is 7.27. The summed E-state index contributed by atoms with van der Waals surface area (Å²) in [6, 6.07) is 0.207. The Labute approximate surface area is 262 Å². The second kappa shape index (κ2) is 12.8. The molecule has 10 nitrogen and oxygen atoms in total. The number of rotatable bonds is 4. The number of nitrogens with one attached hydrogen (secondary N) is 3. The highest BCUT2D eigenvalue weighted by atomic mass is 16.6. The molecule has 2 heterocycles. The van der Waals surface area contributed by atoms with Crippen LogP contribution in [0.1, 0.15) is 104 Å². The fourth-order valence-electron chi connectivity index (χ4n) is 11.5. The molecule has 13 atom stereocenters. The minimum atomic E-state index is -0.323. The van der Waals surface area contributed by atoms with E-state index in [2.05, 4.69) is 36.8 Å². The molecule has 7 aliphatic rings. The lowest BCUT2D eigenvalue weighted by Gasteiger charge is -2.64. The standard InChI is InChI=1S/C34H56N4O6/c1-19(8-11-29(40)38-35)22-9-10-23-32-24-16-28(34(22,23)3)44-31(42)18-37-26-7-5-4-6-25(26)36-17-30(41)43-27(32)15-20-14-21(39)12-13-33(20,24)2/h19-28,32,36-37,39H,4-18,35H2,1-3H3,(H,38,40)/t19-,20+,21-,22-,23+,24+,25-,26-,27-,28+,32+,33+,34-/m1/s1. The van der Waals surface area contributed by atoms with Crippen molar-refractivity contribution in [1.82, 2.24) is 16.1 Å². The van der Waals surface area contributed by atoms with E-state index in [1.54, 1.807) is 0 Å². The van der Waals surface area contributed by atoms with Crippen molar-refractivity contribution in [3.05, 3.63) is 0 Å². The van der Waals surface area contributed by atoms with Gasteiger partial charge in [-0.15, -0.1) is 0 Å². The van der Waals surface area contributed by atoms with Crippen LogP contribution in [0, 0.1) is 46.3 Å². The third kappa shape index (κ3) is 5.82. The maximum absolute atomic E-state index is 13.7. The average molecular weight is 617 g/mol. The Morgan fingerprint density at radius 3 is 2.34 bits per heavy atom. The predicted molar refractivity (Wildman–Crippen MR) is 165 cm³/mol. The summed E-state index contributed by atoms with van der Waals surface area (Å²) in [5.41, 5.74) is 1.95. The fourth-order valence-corrected chi connectivity index (χ4v) is 11.5. The summed E-state index contributed by atoms with van der Waals surface area (Å²) in [7, 11) is 0. The van der Waals surface area contributed by atoms with Crippen LogP contribution in [-0.4, -0.2) is 66.4 Å². The lowest BCUT2D eigenvalue weighted by molar-refractivity contribution is -0.224. The average Bonchev–Trinajstić information content (AvgIpc) is 3.36. The Morgan fingerprint density at radius 1 is 0.977 bits per heavy atom. The summed E-state index contributed by atoms with van der Waals surface area (Å²) >= 11 is 0. The molecule has 5 saturated carbocycles. The first-order valence-electron chi connectivity index (χ1n) is 17.6. The highest BCUT2D eigenvalue weighted by Gasteiger charge is 2.67. The van der Waals surface area contributed by atoms with Crippen LogP contribution in [0.15, 0.2) is 0 Å². The van der Waals surface area contributed by atoms with Gasteiger partial charge in [0.2, 0.25) is 5.91 Å². The largest absolute Gasteiger partial charge is 0.461 e. The molecule has 0 radical (unpaired) electrons. The highest BCUT2D eigenvalue weighted by molar-refractivity contribution is 5.75. The van der Waals surface area contributed by atoms with Crippen molar-refractivity contribution in [2.24, 2.45) is 52.2 Å². The van der Waals surface area contributed by atoms with Crippen LogP contribution in [0.3, 0.4) is 0 Å². The van der Waals surface area contributed by atoms with Gasteiger partial charge in [0.25, 0.3) is 0 Å². The van der Waals surface area contributed by atoms with Gasteiger partial charge in [-0.05, 0) is 99.2 Å². The van der Waals surface area contributed by atoms with Crippen molar-refractivity contribution < 1.29 is 29.0 Å². The molecule has 7 rings (SSSR count). The molecule has 1 amide bonds. The zero-order valence-electron chi connectivity index (χ0n) is 27.0. The van der Waals surface area contributed by atoms with Crippen LogP contribution in [-0.2, 0) is 23.9 Å². The second-order valence-corrected chi connectivity index (χ2v) is 15.8. The predicted octanol–water partition coefficient (Wildman–Crippen LogP) is 2.96. The summed E-state index contributed by atoms with van der Waals surface area (Å²) in [5, 5.41) is 17.7. The molecule has 2 saturated heterocycles. The number of carbonyl (C=O) groups is 3. The van der Waals surface area contributed by atoms with Gasteiger partial charge in [-0.25, -0.2) is 5.84 Å². The molecule has 248 valence electrons. The van der Waals surface area contributed by atoms with Crippen molar-refractivity contribution in [3.8, 4) is 0 Å². The Kier molecular flexibility index (Phi) is 9.37. The molecule has 0 unspecified atom stereocenters. The molecular formula is C34H56N4O6. The number of hydrogen-bond donors (Lipinski definition) is 5. The van der Waals surface area contributed by atoms with E-state index in [1.807, 2.05) is 0 Å². The van der Waals surface area contributed by atoms with Gasteiger partial charge in [-0.3, -0.25) is 19.8 Å². The molecule has 10 heteroatoms. The van der Waals surface area contributed by atoms with Crippen LogP contribution >= 0.6 is 0 Å². The van der Waals surface area contributed by atoms with E-state index in [4.69, 9.17) is 15.3 Å². The van der Waals surface area contributed by atoms with Crippen LogP contribution in [0.5, 0.6) is 0 Å². The number of hydrazine groups is 1. The number of aliphatic hydroxyl groups excluding tert-OH is 1. The van der Waals surface area contributed by atoms with E-state index in [0.29, 0.717) is 6.42 Å². The summed E-state index contributed by atoms with van der Waals surface area (Å²) < 4.78 is 13.1. The molecule has 6 N–H and O–H groups in total. The van der Waals surface area contributed by atoms with E-state index in [1.165, 1.54) is 0 Å². The highest BCUT2D eigenvalue weighted by Crippen LogP contribution is 2.69. The van der Waals surface area contributed by atoms with E-state index < -0.39 is 0 Å². The SMILES string of the molecule is C[C@H](CCC(=O)NN)[C@H]1CC[C@H]2[C@@H]3[C@H]4C[C@@H]5C[C@H](O)CC[C@]5(C)[C@H]3C[C@H](OC(=O)CN[C@@H]3CCCC[C@H]3NCC(=O)O4)[C@]12C. The number of amides is 1. The number of aliphatic hydroxyl groups is 1. The number of esters is 2. The third-order valence-electron chi connectivity index (χ3n) is 13.8. The Hall–Kier alpha value is -1.75. The lowest BCUT2D eigenvalue weighted by atomic mass is 9.43. The number of ether oxygens (including phenoxy) is 2. The Bertz CT molecular complexity index is 1090. The van der Waals surface area contributed by atoms with Gasteiger partial charge in [0.15, 0.2) is 0 Å². The Morgan fingerprint density at radius 2 is 1.66 bits per heavy atom. The smallest absolute Gasteiger partial charge is 0.320 e. The number of carbonyl (C=O) groups excluding carboxylic acids is 3. The van der Waals surface area contributed by atoms with Crippen molar-refractivity contribution in [2.45, 2.75) is 135 Å². The lowest BCUT2D eigenvalue weighted by Crippen LogP contribution is -2.63. The summed E-state index contributed by atoms with van der Waals surface area (Å²) in [4.78, 5) is 39.3. The van der Waals surface area contributed by atoms with E-state index in [9.17, 15) is 19.5 Å². The normalized spacial score (nSPS) is 46.7. The van der Waals surface area contributed by atoms with Gasteiger partial charge in [-0.1, -0.05) is 33.6 Å². The number of hydrogen-bond acceptors (Lipinski definition) is 9. The zero-order valence-corrected chi connectivity index (χ0v) is 27.0. The zero-order chi connectivity index (χ0) is 31.2. The first kappa shape index (κ1) is 32.2. The van der Waals surface area contributed by atoms with E-state index in [-0.39, 0.29) is 108 Å². The fraction of sp³-hybridized carbons (Fsp3) is 0.912. The quantitative estimate of drug-likeness (QED) is 0.139. The first-order chi connectivity index (χ1) is 21.0. The molecule has 7 fully saturated rings. The number of nitrogens with two attached hydrogens (primary N) is 1. The van der Waals surface area contributed by atoms with Crippen LogP contribution in [0.25, 0.3) is 0 Å². The molecule has 5 aliphatic carbocycles. The molecule has 0 aromatic heterocycles. The van der Waals surface area contributed by atoms with Crippen molar-refractivity contribution in [2.75, 3.05) is 13.1 Å². The molecule has 44 heavy (non-hydrogen) atoms. The van der Waals surface area contributed by atoms with Crippen LogP contribution in [0.2, 0.25) is 0 Å². The molecule has 0 spiro atoms. The summed E-state index contributed by atoms with van der Waals surface area (Å²) in [5.74, 6) is 6.23. The summed E-state index contributed by atoms with van der Waals surface area (Å²) in [6.07, 6.45) is 10.3. The first-order valence-corrected chi connectivity index (χ1v) is 17.6. The van der Waals surface area contributed by atoms with E-state index in [0.717, 1.165) is 77.0 Å². The van der Waals surface area contributed by atoms with Crippen molar-refractivity contribution in [1.29, 1.82) is 0 Å². The molecule has 4 bridgehead atoms. The maximum atomic E-state index is 13.7. The minimum Gasteiger partial charge on any atom is -0.461 e. The van der Waals surface area contributed by atoms with Crippen molar-refractivity contribution >= 4 is 17.8 Å². The monoisotopic (exact) mass is 616 g/mol. The number of fused-ring (bicyclic) bond motifs is 7. The topological polar surface area (TPSA) is 152 Å². The molecular weight excluding hydrogens is 560 g/mol. The second-order valence-electron chi connectivity index (χ2n) is 15.8. The van der Waals surface area contributed by atoms with Gasteiger partial charge in [-0.2, -0.15) is 0 Å². The molecule has 0 aromatic rings. The van der Waals surface area contributed by atoms with Gasteiger partial charge < -0.3 is 25.2 Å². The maximum Gasteiger partial charge on any atom is 0.320 e. The van der Waals surface area contributed by atoms with Crippen molar-refractivity contribution in [3.63, 3.8) is 0 Å². The van der Waals surface area contributed by atoms with Crippen LogP contribution < -0.4 is 21.9 Å². The molecule has 0 aromatic carbocycles. The third-order valence-corrected chi connectivity index (χ3v) is 13.8. The Balaban J connectivity index is 1.37. The van der Waals surface area contributed by atoms with Gasteiger partial charge in [0.1, 0.15) is 12.2 Å². The molecule has 2 aliphatic heterocycles. The van der Waals surface area contributed by atoms with Gasteiger partial charge in [0, 0.05) is 29.8 Å².